The smallest absolute Gasteiger partial charge is 0.309 e. The van der Waals surface area contributed by atoms with Crippen molar-refractivity contribution in [3.8, 4) is 0 Å². The number of rotatable bonds is 5. The van der Waals surface area contributed by atoms with Crippen molar-refractivity contribution in [1.82, 2.24) is 0 Å². The van der Waals surface area contributed by atoms with Gasteiger partial charge in [0.25, 0.3) is 0 Å². The fourth-order valence-electron chi connectivity index (χ4n) is 2.37. The van der Waals surface area contributed by atoms with E-state index in [2.05, 4.69) is 0 Å². The molecule has 100 valence electrons. The molecule has 0 aromatic rings. The fraction of sp³-hybridized carbons (Fsp3) is 0.917. The Bertz CT molecular complexity index is 364. The molecular formula is C12H22O4S. The van der Waals surface area contributed by atoms with Crippen LogP contribution in [0.15, 0.2) is 0 Å². The van der Waals surface area contributed by atoms with Gasteiger partial charge in [0.1, 0.15) is 0 Å². The van der Waals surface area contributed by atoms with Crippen LogP contribution >= 0.6 is 0 Å². The highest BCUT2D eigenvalue weighted by atomic mass is 32.2. The van der Waals surface area contributed by atoms with Crippen LogP contribution in [0.3, 0.4) is 0 Å². The molecule has 0 atom stereocenters. The number of hydrogen-bond donors (Lipinski definition) is 1. The second-order valence-electron chi connectivity index (χ2n) is 5.31. The highest BCUT2D eigenvalue weighted by Crippen LogP contribution is 2.40. The Kier molecular flexibility index (Phi) is 4.58. The zero-order valence-electron chi connectivity index (χ0n) is 10.6. The van der Waals surface area contributed by atoms with Crippen LogP contribution in [-0.2, 0) is 14.6 Å². The Balaban J connectivity index is 2.72. The molecule has 4 nitrogen and oxygen atoms in total. The molecule has 1 aliphatic rings. The summed E-state index contributed by atoms with van der Waals surface area (Å²) in [6, 6.07) is 0. The third kappa shape index (κ3) is 3.44. The highest BCUT2D eigenvalue weighted by Gasteiger charge is 2.40. The van der Waals surface area contributed by atoms with Crippen LogP contribution in [-0.4, -0.2) is 30.5 Å². The van der Waals surface area contributed by atoms with Crippen LogP contribution in [0, 0.1) is 5.41 Å². The first-order valence-electron chi connectivity index (χ1n) is 6.25. The molecule has 1 fully saturated rings. The number of carboxylic acids is 1. The molecular weight excluding hydrogens is 240 g/mol. The Labute approximate surface area is 103 Å². The Morgan fingerprint density at radius 3 is 2.18 bits per heavy atom. The van der Waals surface area contributed by atoms with Crippen LogP contribution in [0.4, 0.5) is 0 Å². The Morgan fingerprint density at radius 1 is 1.24 bits per heavy atom. The molecule has 0 aromatic heterocycles. The van der Waals surface area contributed by atoms with Gasteiger partial charge in [-0.3, -0.25) is 4.79 Å². The van der Waals surface area contributed by atoms with E-state index in [0.29, 0.717) is 12.8 Å². The molecule has 0 unspecified atom stereocenters. The third-order valence-corrected chi connectivity index (χ3v) is 6.06. The van der Waals surface area contributed by atoms with E-state index in [0.717, 1.165) is 19.3 Å². The molecule has 0 bridgehead atoms. The van der Waals surface area contributed by atoms with E-state index >= 15 is 0 Å². The zero-order valence-corrected chi connectivity index (χ0v) is 11.4. The minimum atomic E-state index is -3.13. The molecule has 0 aliphatic heterocycles. The number of hydrogen-bond acceptors (Lipinski definition) is 3. The lowest BCUT2D eigenvalue weighted by atomic mass is 9.72. The lowest BCUT2D eigenvalue weighted by Gasteiger charge is -2.33. The third-order valence-electron chi connectivity index (χ3n) is 3.85. The van der Waals surface area contributed by atoms with Gasteiger partial charge < -0.3 is 5.11 Å². The van der Waals surface area contributed by atoms with Crippen molar-refractivity contribution in [3.63, 3.8) is 0 Å². The monoisotopic (exact) mass is 262 g/mol. The van der Waals surface area contributed by atoms with Gasteiger partial charge >= 0.3 is 5.97 Å². The van der Waals surface area contributed by atoms with E-state index in [1.54, 1.807) is 13.8 Å². The second kappa shape index (κ2) is 5.38. The summed E-state index contributed by atoms with van der Waals surface area (Å²) in [5.74, 6) is -0.826. The molecule has 1 saturated carbocycles. The van der Waals surface area contributed by atoms with Crippen molar-refractivity contribution >= 4 is 15.8 Å². The van der Waals surface area contributed by atoms with E-state index in [4.69, 9.17) is 0 Å². The summed E-state index contributed by atoms with van der Waals surface area (Å²) >= 11 is 0. The molecule has 0 heterocycles. The molecule has 1 rings (SSSR count). The quantitative estimate of drug-likeness (QED) is 0.824. The average Bonchev–Trinajstić information content (AvgIpc) is 2.27. The Hall–Kier alpha value is -0.580. The summed E-state index contributed by atoms with van der Waals surface area (Å²) in [5, 5.41) is 8.91. The van der Waals surface area contributed by atoms with Crippen LogP contribution in [0.1, 0.15) is 52.4 Å². The first-order chi connectivity index (χ1) is 7.80. The molecule has 0 aromatic carbocycles. The van der Waals surface area contributed by atoms with E-state index in [1.165, 1.54) is 0 Å². The van der Waals surface area contributed by atoms with Crippen molar-refractivity contribution in [2.24, 2.45) is 5.41 Å². The SMILES string of the molecule is CC(C)S(=O)(=O)CCC1(C(=O)O)CCCCC1. The van der Waals surface area contributed by atoms with Gasteiger partial charge in [0.05, 0.1) is 16.4 Å². The van der Waals surface area contributed by atoms with Crippen LogP contribution in [0.25, 0.3) is 0 Å². The van der Waals surface area contributed by atoms with E-state index in [-0.39, 0.29) is 12.2 Å². The standard InChI is InChI=1S/C12H22O4S/c1-10(2)17(15,16)9-8-12(11(13)14)6-4-3-5-7-12/h10H,3-9H2,1-2H3,(H,13,14). The van der Waals surface area contributed by atoms with Gasteiger partial charge in [-0.25, -0.2) is 8.42 Å². The van der Waals surface area contributed by atoms with Crippen LogP contribution in [0.2, 0.25) is 0 Å². The number of carboxylic acid groups (broad SMARTS) is 1. The summed E-state index contributed by atoms with van der Waals surface area (Å²) in [7, 11) is -3.13. The van der Waals surface area contributed by atoms with Crippen molar-refractivity contribution in [2.75, 3.05) is 5.75 Å². The van der Waals surface area contributed by atoms with E-state index in [9.17, 15) is 18.3 Å². The maximum Gasteiger partial charge on any atom is 0.309 e. The van der Waals surface area contributed by atoms with Gasteiger partial charge in [-0.15, -0.1) is 0 Å². The fourth-order valence-corrected chi connectivity index (χ4v) is 3.52. The maximum atomic E-state index is 11.7. The predicted octanol–water partition coefficient (Wildman–Crippen LogP) is 2.23. The van der Waals surface area contributed by atoms with Crippen molar-refractivity contribution < 1.29 is 18.3 Å². The normalized spacial score (nSPS) is 20.4. The minimum absolute atomic E-state index is 0.00301. The van der Waals surface area contributed by atoms with Crippen molar-refractivity contribution in [1.29, 1.82) is 0 Å². The van der Waals surface area contributed by atoms with Gasteiger partial charge in [-0.2, -0.15) is 0 Å². The second-order valence-corrected chi connectivity index (χ2v) is 7.99. The number of sulfone groups is 1. The molecule has 0 amide bonds. The molecule has 0 radical (unpaired) electrons. The average molecular weight is 262 g/mol. The molecule has 17 heavy (non-hydrogen) atoms. The lowest BCUT2D eigenvalue weighted by molar-refractivity contribution is -0.151. The predicted molar refractivity (Wildman–Crippen MR) is 66.7 cm³/mol. The van der Waals surface area contributed by atoms with Gasteiger partial charge in [0.15, 0.2) is 9.84 Å². The molecule has 0 spiro atoms. The minimum Gasteiger partial charge on any atom is -0.481 e. The van der Waals surface area contributed by atoms with Gasteiger partial charge in [-0.1, -0.05) is 19.3 Å². The summed E-state index contributed by atoms with van der Waals surface area (Å²) in [6.45, 7) is 3.29. The van der Waals surface area contributed by atoms with E-state index < -0.39 is 26.5 Å². The first kappa shape index (κ1) is 14.5. The molecule has 5 heteroatoms. The number of carbonyl (C=O) groups is 1. The summed E-state index contributed by atoms with van der Waals surface area (Å²) in [4.78, 5) is 11.4. The largest absolute Gasteiger partial charge is 0.481 e. The molecule has 0 saturated heterocycles. The van der Waals surface area contributed by atoms with Gasteiger partial charge in [-0.05, 0) is 33.1 Å². The zero-order chi connectivity index (χ0) is 13.1. The Morgan fingerprint density at radius 2 is 1.76 bits per heavy atom. The molecule has 1 N–H and O–H groups in total. The maximum absolute atomic E-state index is 11.7. The molecule has 1 aliphatic carbocycles. The van der Waals surface area contributed by atoms with Crippen molar-refractivity contribution in [3.05, 3.63) is 0 Å². The van der Waals surface area contributed by atoms with Gasteiger partial charge in [0.2, 0.25) is 0 Å². The van der Waals surface area contributed by atoms with E-state index in [1.807, 2.05) is 0 Å². The number of aliphatic carboxylic acids is 1. The highest BCUT2D eigenvalue weighted by molar-refractivity contribution is 7.91. The van der Waals surface area contributed by atoms with Crippen LogP contribution in [0.5, 0.6) is 0 Å². The first-order valence-corrected chi connectivity index (χ1v) is 7.97. The van der Waals surface area contributed by atoms with Gasteiger partial charge in [0, 0.05) is 0 Å². The summed E-state index contributed by atoms with van der Waals surface area (Å²) < 4.78 is 23.5. The van der Waals surface area contributed by atoms with Crippen molar-refractivity contribution in [2.45, 2.75) is 57.6 Å². The summed E-state index contributed by atoms with van der Waals surface area (Å²) in [6.07, 6.45) is 4.36. The summed E-state index contributed by atoms with van der Waals surface area (Å²) in [5.41, 5.74) is -0.791. The lowest BCUT2D eigenvalue weighted by Crippen LogP contribution is -2.36. The van der Waals surface area contributed by atoms with Crippen LogP contribution < -0.4 is 0 Å². The topological polar surface area (TPSA) is 71.4 Å².